The van der Waals surface area contributed by atoms with Crippen molar-refractivity contribution < 1.29 is 0 Å². The van der Waals surface area contributed by atoms with E-state index in [1.54, 1.807) is 0 Å². The van der Waals surface area contributed by atoms with Gasteiger partial charge >= 0.3 is 0 Å². The Hall–Kier alpha value is -2.24. The second-order valence-corrected chi connectivity index (χ2v) is 8.97. The fraction of sp³-hybridized carbons (Fsp3) is 0.692. The standard InChI is InChI=1S/C26H44N6/c1-21-25-19-27-13-11-14-28-20-26(22(2)30-16-12-15-29-21)24(4)32(6)18-10-8-7-9-17-31(5)23(25)3/h19-20H,7-18H2,1-6H3/b25-23-,26-24?,27-19?,28-20?,29-21?,30-22?. The van der Waals surface area contributed by atoms with E-state index in [2.05, 4.69) is 51.6 Å². The van der Waals surface area contributed by atoms with Crippen LogP contribution in [0, 0.1) is 0 Å². The lowest BCUT2D eigenvalue weighted by Crippen LogP contribution is -2.22. The van der Waals surface area contributed by atoms with Crippen LogP contribution in [-0.2, 0) is 0 Å². The SMILES string of the molecule is CC1=NCCCN=C(C)/C2=C(/C)N(C)CCCCCCN(C)C(C)=C1C=NCCCN=C2. The van der Waals surface area contributed by atoms with Gasteiger partial charge in [-0.1, -0.05) is 12.8 Å². The highest BCUT2D eigenvalue weighted by Crippen LogP contribution is 2.14. The number of allylic oxidation sites excluding steroid dienone is 4. The molecule has 178 valence electrons. The van der Waals surface area contributed by atoms with E-state index in [9.17, 15) is 0 Å². The van der Waals surface area contributed by atoms with E-state index < -0.39 is 0 Å². The van der Waals surface area contributed by atoms with Crippen LogP contribution in [0.1, 0.15) is 66.2 Å². The van der Waals surface area contributed by atoms with Crippen LogP contribution in [0.3, 0.4) is 0 Å². The van der Waals surface area contributed by atoms with E-state index in [4.69, 9.17) is 20.0 Å². The molecule has 0 saturated heterocycles. The zero-order valence-corrected chi connectivity index (χ0v) is 21.3. The summed E-state index contributed by atoms with van der Waals surface area (Å²) in [4.78, 5) is 24.0. The minimum atomic E-state index is 0.774. The van der Waals surface area contributed by atoms with Gasteiger partial charge < -0.3 is 9.80 Å². The smallest absolute Gasteiger partial charge is 0.0422 e. The largest absolute Gasteiger partial charge is 0.378 e. The van der Waals surface area contributed by atoms with Gasteiger partial charge in [0.15, 0.2) is 0 Å². The van der Waals surface area contributed by atoms with Crippen molar-refractivity contribution in [3.63, 3.8) is 0 Å². The van der Waals surface area contributed by atoms with Gasteiger partial charge in [0, 0.05) is 99.8 Å². The molecular weight excluding hydrogens is 396 g/mol. The third-order valence-electron chi connectivity index (χ3n) is 6.47. The summed E-state index contributed by atoms with van der Waals surface area (Å²) < 4.78 is 0. The lowest BCUT2D eigenvalue weighted by molar-refractivity contribution is 0.378. The Morgan fingerprint density at radius 2 is 0.969 bits per heavy atom. The Kier molecular flexibility index (Phi) is 11.4. The normalized spacial score (nSPS) is 23.8. The lowest BCUT2D eigenvalue weighted by atomic mass is 10.1. The summed E-state index contributed by atoms with van der Waals surface area (Å²) in [5, 5.41) is 0. The van der Waals surface area contributed by atoms with Crippen molar-refractivity contribution in [1.82, 2.24) is 9.80 Å². The van der Waals surface area contributed by atoms with Gasteiger partial charge in [-0.2, -0.15) is 0 Å². The van der Waals surface area contributed by atoms with Crippen molar-refractivity contribution in [2.45, 2.75) is 66.2 Å². The fourth-order valence-corrected chi connectivity index (χ4v) is 3.99. The molecule has 32 heavy (non-hydrogen) atoms. The summed E-state index contributed by atoms with van der Waals surface area (Å²) in [7, 11) is 4.38. The Labute approximate surface area is 196 Å². The fourth-order valence-electron chi connectivity index (χ4n) is 3.99. The molecule has 6 heteroatoms. The molecule has 3 aliphatic heterocycles. The number of nitrogens with zero attached hydrogens (tertiary/aromatic N) is 6. The highest BCUT2D eigenvalue weighted by atomic mass is 15.1. The first-order valence-corrected chi connectivity index (χ1v) is 12.3. The molecule has 0 aliphatic carbocycles. The van der Waals surface area contributed by atoms with Crippen LogP contribution in [0.15, 0.2) is 42.5 Å². The predicted octanol–water partition coefficient (Wildman–Crippen LogP) is 4.83. The average Bonchev–Trinajstić information content (AvgIpc) is 2.77. The Balaban J connectivity index is 2.45. The topological polar surface area (TPSA) is 55.9 Å². The molecule has 0 N–H and O–H groups in total. The summed E-state index contributed by atoms with van der Waals surface area (Å²) in [6.07, 6.45) is 10.8. The maximum atomic E-state index is 4.88. The van der Waals surface area contributed by atoms with Crippen molar-refractivity contribution in [3.05, 3.63) is 22.5 Å². The number of hydrogen-bond acceptors (Lipinski definition) is 6. The van der Waals surface area contributed by atoms with Gasteiger partial charge in [0.1, 0.15) is 0 Å². The predicted molar refractivity (Wildman–Crippen MR) is 141 cm³/mol. The minimum Gasteiger partial charge on any atom is -0.378 e. The molecule has 0 atom stereocenters. The molecule has 3 rings (SSSR count). The van der Waals surface area contributed by atoms with Crippen LogP contribution in [0.25, 0.3) is 0 Å². The second-order valence-electron chi connectivity index (χ2n) is 8.97. The van der Waals surface area contributed by atoms with Gasteiger partial charge in [-0.25, -0.2) is 0 Å². The van der Waals surface area contributed by atoms with Crippen LogP contribution < -0.4 is 0 Å². The maximum absolute atomic E-state index is 4.88. The molecule has 0 spiro atoms. The van der Waals surface area contributed by atoms with Crippen molar-refractivity contribution in [2.24, 2.45) is 20.0 Å². The van der Waals surface area contributed by atoms with E-state index in [-0.39, 0.29) is 0 Å². The third-order valence-corrected chi connectivity index (χ3v) is 6.47. The van der Waals surface area contributed by atoms with Crippen molar-refractivity contribution in [2.75, 3.05) is 53.4 Å². The highest BCUT2D eigenvalue weighted by molar-refractivity contribution is 6.16. The zero-order valence-electron chi connectivity index (χ0n) is 21.3. The highest BCUT2D eigenvalue weighted by Gasteiger charge is 2.11. The summed E-state index contributed by atoms with van der Waals surface area (Å²) in [6.45, 7) is 13.9. The molecule has 0 radical (unpaired) electrons. The molecule has 3 heterocycles. The lowest BCUT2D eigenvalue weighted by Gasteiger charge is -2.23. The molecule has 6 nitrogen and oxygen atoms in total. The van der Waals surface area contributed by atoms with E-state index >= 15 is 0 Å². The summed E-state index contributed by atoms with van der Waals surface area (Å²) in [6, 6.07) is 0. The Morgan fingerprint density at radius 1 is 0.562 bits per heavy atom. The van der Waals surface area contributed by atoms with Gasteiger partial charge in [0.05, 0.1) is 0 Å². The molecule has 0 aromatic rings. The van der Waals surface area contributed by atoms with Gasteiger partial charge in [0.2, 0.25) is 0 Å². The molecule has 0 aromatic heterocycles. The van der Waals surface area contributed by atoms with Gasteiger partial charge in [-0.15, -0.1) is 0 Å². The molecule has 0 fully saturated rings. The number of hydrogen-bond donors (Lipinski definition) is 0. The van der Waals surface area contributed by atoms with E-state index in [0.717, 1.165) is 74.7 Å². The summed E-state index contributed by atoms with van der Waals surface area (Å²) in [5.41, 5.74) is 6.96. The second kappa shape index (κ2) is 14.0. The zero-order chi connectivity index (χ0) is 23.3. The Morgan fingerprint density at radius 3 is 1.41 bits per heavy atom. The van der Waals surface area contributed by atoms with Crippen LogP contribution in [-0.4, -0.2) is 87.0 Å². The van der Waals surface area contributed by atoms with Gasteiger partial charge in [-0.3, -0.25) is 20.0 Å². The van der Waals surface area contributed by atoms with E-state index in [1.807, 2.05) is 12.4 Å². The third kappa shape index (κ3) is 8.36. The van der Waals surface area contributed by atoms with Gasteiger partial charge in [0.25, 0.3) is 0 Å². The quantitative estimate of drug-likeness (QED) is 0.542. The molecule has 0 aromatic carbocycles. The van der Waals surface area contributed by atoms with Crippen LogP contribution in [0.4, 0.5) is 0 Å². The molecule has 0 saturated carbocycles. The van der Waals surface area contributed by atoms with Crippen molar-refractivity contribution in [1.29, 1.82) is 0 Å². The Bertz CT molecular complexity index is 720. The van der Waals surface area contributed by atoms with Crippen LogP contribution in [0.2, 0.25) is 0 Å². The van der Waals surface area contributed by atoms with Crippen molar-refractivity contribution in [3.8, 4) is 0 Å². The molecule has 0 amide bonds. The average molecular weight is 441 g/mol. The van der Waals surface area contributed by atoms with E-state index in [1.165, 1.54) is 37.1 Å². The number of fused-ring (bicyclic) bond motifs is 17. The molecule has 0 unspecified atom stereocenters. The first kappa shape index (κ1) is 26.0. The molecular formula is C26H44N6. The first-order valence-electron chi connectivity index (χ1n) is 12.3. The van der Waals surface area contributed by atoms with Gasteiger partial charge in [-0.05, 0) is 53.4 Å². The monoisotopic (exact) mass is 440 g/mol. The number of aliphatic imine (C=N–C) groups is 4. The minimum absolute atomic E-state index is 0.774. The first-order chi connectivity index (χ1) is 15.4. The molecule has 3 aliphatic rings. The maximum Gasteiger partial charge on any atom is 0.0422 e. The van der Waals surface area contributed by atoms with Crippen molar-refractivity contribution >= 4 is 23.9 Å². The summed E-state index contributed by atoms with van der Waals surface area (Å²) in [5.74, 6) is 0. The number of rotatable bonds is 0. The molecule has 2 bridgehead atoms. The van der Waals surface area contributed by atoms with Crippen LogP contribution in [0.5, 0.6) is 0 Å². The van der Waals surface area contributed by atoms with E-state index in [0.29, 0.717) is 0 Å². The van der Waals surface area contributed by atoms with Crippen LogP contribution >= 0.6 is 0 Å². The summed E-state index contributed by atoms with van der Waals surface area (Å²) >= 11 is 0.